The van der Waals surface area contributed by atoms with Gasteiger partial charge in [-0.3, -0.25) is 14.2 Å². The number of fused-ring (bicyclic) bond motifs is 1. The van der Waals surface area contributed by atoms with Crippen LogP contribution in [0.3, 0.4) is 0 Å². The molecule has 1 saturated carbocycles. The van der Waals surface area contributed by atoms with Gasteiger partial charge in [-0.25, -0.2) is 4.98 Å². The molecule has 4 rings (SSSR count). The number of nitrogens with zero attached hydrogens (tertiary/aromatic N) is 3. The number of carbonyl (C=O) groups is 1. The molecule has 164 valence electrons. The molecular formula is C24H29N3O3S. The third kappa shape index (κ3) is 4.62. The summed E-state index contributed by atoms with van der Waals surface area (Å²) in [5.74, 6) is 0.332. The normalized spacial score (nSPS) is 13.8. The van der Waals surface area contributed by atoms with Crippen LogP contribution in [0, 0.1) is 13.8 Å². The topological polar surface area (TPSA) is 66.1 Å². The number of thioether (sulfide) groups is 1. The van der Waals surface area contributed by atoms with Gasteiger partial charge in [0.15, 0.2) is 10.9 Å². The van der Waals surface area contributed by atoms with Crippen LogP contribution in [0.25, 0.3) is 10.9 Å². The highest BCUT2D eigenvalue weighted by atomic mass is 32.2. The largest absolute Gasteiger partial charge is 0.382 e. The lowest BCUT2D eigenvalue weighted by Gasteiger charge is -2.13. The number of para-hydroxylation sites is 1. The van der Waals surface area contributed by atoms with Crippen LogP contribution in [0.2, 0.25) is 0 Å². The third-order valence-corrected chi connectivity index (χ3v) is 6.71. The first-order valence-corrected chi connectivity index (χ1v) is 11.9. The van der Waals surface area contributed by atoms with Crippen molar-refractivity contribution in [2.75, 3.05) is 19.0 Å². The molecule has 2 heterocycles. The summed E-state index contributed by atoms with van der Waals surface area (Å²) < 4.78 is 9.41. The number of aryl methyl sites for hydroxylation is 1. The van der Waals surface area contributed by atoms with Crippen molar-refractivity contribution in [1.29, 1.82) is 0 Å². The monoisotopic (exact) mass is 439 g/mol. The van der Waals surface area contributed by atoms with Gasteiger partial charge in [0, 0.05) is 42.8 Å². The SMILES string of the molecule is CCOCCCn1c(SCC(=O)c2cc(C)n(C3CC3)c2C)nc2ccccc2c1=O. The number of rotatable bonds is 10. The molecule has 0 amide bonds. The quantitative estimate of drug-likeness (QED) is 0.201. The van der Waals surface area contributed by atoms with E-state index in [0.29, 0.717) is 41.9 Å². The molecule has 1 aliphatic rings. The van der Waals surface area contributed by atoms with E-state index in [4.69, 9.17) is 9.72 Å². The smallest absolute Gasteiger partial charge is 0.262 e. The maximum absolute atomic E-state index is 13.1. The Hall–Kier alpha value is -2.38. The Labute approximate surface area is 186 Å². The van der Waals surface area contributed by atoms with Gasteiger partial charge in [-0.15, -0.1) is 0 Å². The molecule has 0 bridgehead atoms. The van der Waals surface area contributed by atoms with Crippen molar-refractivity contribution in [3.05, 3.63) is 57.6 Å². The minimum absolute atomic E-state index is 0.0658. The third-order valence-electron chi connectivity index (χ3n) is 5.73. The fourth-order valence-corrected chi connectivity index (χ4v) is 4.99. The molecule has 31 heavy (non-hydrogen) atoms. The number of carbonyl (C=O) groups excluding carboxylic acids is 1. The van der Waals surface area contributed by atoms with Gasteiger partial charge < -0.3 is 9.30 Å². The average Bonchev–Trinajstić information content (AvgIpc) is 3.55. The molecule has 6 nitrogen and oxygen atoms in total. The lowest BCUT2D eigenvalue weighted by Crippen LogP contribution is -2.24. The van der Waals surface area contributed by atoms with Crippen LogP contribution in [0.15, 0.2) is 40.3 Å². The highest BCUT2D eigenvalue weighted by Crippen LogP contribution is 2.38. The second-order valence-corrected chi connectivity index (χ2v) is 8.96. The van der Waals surface area contributed by atoms with Gasteiger partial charge in [-0.1, -0.05) is 23.9 Å². The number of ketones is 1. The lowest BCUT2D eigenvalue weighted by molar-refractivity contribution is 0.102. The van der Waals surface area contributed by atoms with Crippen molar-refractivity contribution in [2.24, 2.45) is 0 Å². The summed E-state index contributed by atoms with van der Waals surface area (Å²) in [6.07, 6.45) is 3.10. The Morgan fingerprint density at radius 3 is 2.77 bits per heavy atom. The fraction of sp³-hybridized carbons (Fsp3) is 0.458. The van der Waals surface area contributed by atoms with Crippen LogP contribution in [0.1, 0.15) is 54.0 Å². The molecule has 0 radical (unpaired) electrons. The van der Waals surface area contributed by atoms with Crippen molar-refractivity contribution in [3.8, 4) is 0 Å². The second kappa shape index (κ2) is 9.40. The van der Waals surface area contributed by atoms with Gasteiger partial charge in [0.05, 0.1) is 16.7 Å². The Morgan fingerprint density at radius 1 is 1.26 bits per heavy atom. The first-order valence-electron chi connectivity index (χ1n) is 10.9. The molecular weight excluding hydrogens is 410 g/mol. The summed E-state index contributed by atoms with van der Waals surface area (Å²) in [5.41, 5.74) is 3.57. The standard InChI is InChI=1S/C24H29N3O3S/c1-4-30-13-7-12-26-23(29)19-8-5-6-9-21(19)25-24(26)31-15-22(28)20-14-16(2)27(17(20)3)18-10-11-18/h5-6,8-9,14,18H,4,7,10-13,15H2,1-3H3. The highest BCUT2D eigenvalue weighted by molar-refractivity contribution is 7.99. The zero-order valence-corrected chi connectivity index (χ0v) is 19.2. The molecule has 0 atom stereocenters. The maximum atomic E-state index is 13.1. The minimum atomic E-state index is -0.0658. The van der Waals surface area contributed by atoms with Crippen LogP contribution in [-0.4, -0.2) is 38.9 Å². The zero-order chi connectivity index (χ0) is 22.0. The number of benzene rings is 1. The number of ether oxygens (including phenoxy) is 1. The van der Waals surface area contributed by atoms with E-state index in [0.717, 1.165) is 23.4 Å². The van der Waals surface area contributed by atoms with E-state index in [1.165, 1.54) is 24.6 Å². The number of Topliss-reactive ketones (excluding diaryl/α,β-unsaturated/α-hetero) is 1. The van der Waals surface area contributed by atoms with Gasteiger partial charge >= 0.3 is 0 Å². The van der Waals surface area contributed by atoms with E-state index >= 15 is 0 Å². The fourth-order valence-electron chi connectivity index (χ4n) is 4.09. The maximum Gasteiger partial charge on any atom is 0.262 e. The first-order chi connectivity index (χ1) is 15.0. The van der Waals surface area contributed by atoms with Crippen LogP contribution < -0.4 is 5.56 Å². The minimum Gasteiger partial charge on any atom is -0.382 e. The molecule has 0 saturated heterocycles. The van der Waals surface area contributed by atoms with Crippen molar-refractivity contribution < 1.29 is 9.53 Å². The van der Waals surface area contributed by atoms with E-state index in [-0.39, 0.29) is 17.1 Å². The van der Waals surface area contributed by atoms with Gasteiger partial charge in [-0.2, -0.15) is 0 Å². The summed E-state index contributed by atoms with van der Waals surface area (Å²) in [7, 11) is 0. The van der Waals surface area contributed by atoms with Crippen LogP contribution >= 0.6 is 11.8 Å². The van der Waals surface area contributed by atoms with Gasteiger partial charge in [0.2, 0.25) is 0 Å². The molecule has 0 spiro atoms. The molecule has 0 unspecified atom stereocenters. The summed E-state index contributed by atoms with van der Waals surface area (Å²) in [5, 5.41) is 1.19. The molecule has 7 heteroatoms. The second-order valence-electron chi connectivity index (χ2n) is 8.02. The molecule has 0 aliphatic heterocycles. The Kier molecular flexibility index (Phi) is 6.62. The van der Waals surface area contributed by atoms with Gasteiger partial charge in [-0.05, 0) is 58.2 Å². The lowest BCUT2D eigenvalue weighted by atomic mass is 10.2. The Bertz CT molecular complexity index is 1160. The Morgan fingerprint density at radius 2 is 2.03 bits per heavy atom. The predicted molar refractivity (Wildman–Crippen MR) is 124 cm³/mol. The van der Waals surface area contributed by atoms with E-state index in [1.54, 1.807) is 10.6 Å². The van der Waals surface area contributed by atoms with Gasteiger partial charge in [0.1, 0.15) is 0 Å². The summed E-state index contributed by atoms with van der Waals surface area (Å²) in [4.78, 5) is 30.8. The molecule has 0 N–H and O–H groups in total. The average molecular weight is 440 g/mol. The molecule has 1 fully saturated rings. The number of hydrogen-bond donors (Lipinski definition) is 0. The number of hydrogen-bond acceptors (Lipinski definition) is 5. The van der Waals surface area contributed by atoms with Gasteiger partial charge in [0.25, 0.3) is 5.56 Å². The van der Waals surface area contributed by atoms with Crippen LogP contribution in [0.4, 0.5) is 0 Å². The van der Waals surface area contributed by atoms with E-state index in [2.05, 4.69) is 11.5 Å². The van der Waals surface area contributed by atoms with Crippen LogP contribution in [-0.2, 0) is 11.3 Å². The summed E-state index contributed by atoms with van der Waals surface area (Å²) >= 11 is 1.34. The summed E-state index contributed by atoms with van der Waals surface area (Å²) in [6, 6.07) is 9.92. The van der Waals surface area contributed by atoms with Crippen molar-refractivity contribution in [2.45, 2.75) is 57.8 Å². The molecule has 1 aromatic carbocycles. The van der Waals surface area contributed by atoms with Crippen molar-refractivity contribution in [1.82, 2.24) is 14.1 Å². The summed E-state index contributed by atoms with van der Waals surface area (Å²) in [6.45, 7) is 7.81. The van der Waals surface area contributed by atoms with Crippen LogP contribution in [0.5, 0.6) is 0 Å². The zero-order valence-electron chi connectivity index (χ0n) is 18.4. The first kappa shape index (κ1) is 21.8. The van der Waals surface area contributed by atoms with Crippen molar-refractivity contribution >= 4 is 28.4 Å². The van der Waals surface area contributed by atoms with E-state index in [1.807, 2.05) is 38.1 Å². The van der Waals surface area contributed by atoms with E-state index in [9.17, 15) is 9.59 Å². The predicted octanol–water partition coefficient (Wildman–Crippen LogP) is 4.55. The number of aromatic nitrogens is 3. The van der Waals surface area contributed by atoms with Crippen molar-refractivity contribution in [3.63, 3.8) is 0 Å². The molecule has 2 aromatic heterocycles. The Balaban J connectivity index is 1.57. The molecule has 3 aromatic rings. The molecule has 1 aliphatic carbocycles. The van der Waals surface area contributed by atoms with E-state index < -0.39 is 0 Å². The highest BCUT2D eigenvalue weighted by Gasteiger charge is 2.28.